The molecular formula is C20H18ClFN4O3. The highest BCUT2D eigenvalue weighted by Gasteiger charge is 2.25. The monoisotopic (exact) mass is 416 g/mol. The lowest BCUT2D eigenvalue weighted by molar-refractivity contribution is -0.118. The van der Waals surface area contributed by atoms with Crippen molar-refractivity contribution in [3.05, 3.63) is 75.4 Å². The average molecular weight is 417 g/mol. The zero-order chi connectivity index (χ0) is 21.1. The van der Waals surface area contributed by atoms with Crippen LogP contribution in [0.3, 0.4) is 0 Å². The molecule has 3 rings (SSSR count). The molecule has 0 aliphatic heterocycles. The van der Waals surface area contributed by atoms with Gasteiger partial charge in [0.15, 0.2) is 0 Å². The summed E-state index contributed by atoms with van der Waals surface area (Å²) in [6, 6.07) is 9.43. The molecular weight excluding hydrogens is 399 g/mol. The number of nitrogens with one attached hydrogen (secondary N) is 2. The lowest BCUT2D eigenvalue weighted by Crippen LogP contribution is -2.42. The van der Waals surface area contributed by atoms with Crippen LogP contribution in [-0.4, -0.2) is 28.4 Å². The number of halogens is 2. The minimum atomic E-state index is -0.710. The lowest BCUT2D eigenvalue weighted by atomic mass is 10.0. The Morgan fingerprint density at radius 3 is 2.59 bits per heavy atom. The first-order valence-electron chi connectivity index (χ1n) is 8.69. The molecule has 150 valence electrons. The van der Waals surface area contributed by atoms with Gasteiger partial charge >= 0.3 is 6.03 Å². The predicted octanol–water partition coefficient (Wildman–Crippen LogP) is 3.40. The number of primary amides is 1. The maximum atomic E-state index is 13.4. The maximum absolute atomic E-state index is 13.4. The molecule has 0 unspecified atom stereocenters. The van der Waals surface area contributed by atoms with E-state index in [9.17, 15) is 18.8 Å². The van der Waals surface area contributed by atoms with Crippen molar-refractivity contribution in [2.45, 2.75) is 13.0 Å². The highest BCUT2D eigenvalue weighted by molar-refractivity contribution is 6.31. The molecule has 3 amide bonds. The topological polar surface area (TPSA) is 108 Å². The highest BCUT2D eigenvalue weighted by Crippen LogP contribution is 2.27. The Labute approximate surface area is 170 Å². The summed E-state index contributed by atoms with van der Waals surface area (Å²) in [6.07, 6.45) is 1.51. The molecule has 0 aliphatic carbocycles. The average Bonchev–Trinajstić information content (AvgIpc) is 2.69. The van der Waals surface area contributed by atoms with E-state index in [1.165, 1.54) is 23.2 Å². The summed E-state index contributed by atoms with van der Waals surface area (Å²) >= 11 is 5.75. The van der Waals surface area contributed by atoms with E-state index in [4.69, 9.17) is 17.3 Å². The van der Waals surface area contributed by atoms with Gasteiger partial charge in [-0.15, -0.1) is 0 Å². The Morgan fingerprint density at radius 1 is 1.24 bits per heavy atom. The number of carbonyl (C=O) groups excluding carboxylic acids is 2. The van der Waals surface area contributed by atoms with Gasteiger partial charge in [-0.1, -0.05) is 29.8 Å². The molecule has 3 aromatic rings. The summed E-state index contributed by atoms with van der Waals surface area (Å²) in [5.41, 5.74) is 5.96. The fourth-order valence-electron chi connectivity index (χ4n) is 3.07. The number of urea groups is 1. The molecule has 1 atom stereocenters. The number of aromatic nitrogens is 1. The molecule has 0 saturated carbocycles. The van der Waals surface area contributed by atoms with Crippen LogP contribution >= 0.6 is 11.6 Å². The number of benzene rings is 2. The van der Waals surface area contributed by atoms with Crippen LogP contribution in [0.15, 0.2) is 53.5 Å². The van der Waals surface area contributed by atoms with Crippen molar-refractivity contribution in [1.82, 2.24) is 9.88 Å². The minimum Gasteiger partial charge on any atom is -0.368 e. The van der Waals surface area contributed by atoms with Crippen molar-refractivity contribution in [3.63, 3.8) is 0 Å². The number of hydrogen-bond acceptors (Lipinski definition) is 3. The summed E-state index contributed by atoms with van der Waals surface area (Å²) in [7, 11) is 0. The number of pyridine rings is 1. The molecule has 29 heavy (non-hydrogen) atoms. The standard InChI is InChI=1S/C20H18ClFN4O3/c1-11(15-9-24-19(28)14-5-3-2-4-13(14)15)26(10-18(23)27)20(29)25-12-6-7-17(22)16(21)8-12/h2-9,11H,10H2,1H3,(H2,23,27)(H,24,28)(H,25,29)/t11-/m0/s1. The molecule has 1 aromatic heterocycles. The maximum Gasteiger partial charge on any atom is 0.322 e. The molecule has 9 heteroatoms. The third-order valence-electron chi connectivity index (χ3n) is 4.52. The molecule has 0 saturated heterocycles. The fraction of sp³-hybridized carbons (Fsp3) is 0.150. The highest BCUT2D eigenvalue weighted by atomic mass is 35.5. The summed E-state index contributed by atoms with van der Waals surface area (Å²) in [6.45, 7) is 1.34. The molecule has 0 radical (unpaired) electrons. The molecule has 0 spiro atoms. The van der Waals surface area contributed by atoms with E-state index in [2.05, 4.69) is 10.3 Å². The van der Waals surface area contributed by atoms with E-state index < -0.39 is 23.8 Å². The number of hydrogen-bond donors (Lipinski definition) is 3. The van der Waals surface area contributed by atoms with Gasteiger partial charge in [-0.3, -0.25) is 9.59 Å². The van der Waals surface area contributed by atoms with E-state index in [0.717, 1.165) is 6.07 Å². The van der Waals surface area contributed by atoms with Crippen LogP contribution in [0.1, 0.15) is 18.5 Å². The van der Waals surface area contributed by atoms with E-state index in [1.807, 2.05) is 0 Å². The number of amides is 3. The molecule has 7 nitrogen and oxygen atoms in total. The van der Waals surface area contributed by atoms with Crippen molar-refractivity contribution in [3.8, 4) is 0 Å². The van der Waals surface area contributed by atoms with Gasteiger partial charge in [0.1, 0.15) is 12.4 Å². The van der Waals surface area contributed by atoms with Crippen LogP contribution in [0.4, 0.5) is 14.9 Å². The Morgan fingerprint density at radius 2 is 1.93 bits per heavy atom. The van der Waals surface area contributed by atoms with Crippen LogP contribution < -0.4 is 16.6 Å². The predicted molar refractivity (Wildman–Crippen MR) is 109 cm³/mol. The van der Waals surface area contributed by atoms with Gasteiger partial charge in [0, 0.05) is 17.3 Å². The van der Waals surface area contributed by atoms with Crippen molar-refractivity contribution in [2.75, 3.05) is 11.9 Å². The number of aromatic amines is 1. The van der Waals surface area contributed by atoms with E-state index >= 15 is 0 Å². The van der Waals surface area contributed by atoms with E-state index in [1.54, 1.807) is 31.2 Å². The third-order valence-corrected chi connectivity index (χ3v) is 4.81. The molecule has 0 fully saturated rings. The Bertz CT molecular complexity index is 1150. The zero-order valence-electron chi connectivity index (χ0n) is 15.4. The van der Waals surface area contributed by atoms with E-state index in [0.29, 0.717) is 16.3 Å². The summed E-state index contributed by atoms with van der Waals surface area (Å²) in [5, 5.41) is 3.54. The number of H-pyrrole nitrogens is 1. The van der Waals surface area contributed by atoms with Crippen LogP contribution in [0.5, 0.6) is 0 Å². The van der Waals surface area contributed by atoms with Crippen LogP contribution in [0.2, 0.25) is 5.02 Å². The number of anilines is 1. The van der Waals surface area contributed by atoms with Gasteiger partial charge in [-0.2, -0.15) is 0 Å². The zero-order valence-corrected chi connectivity index (χ0v) is 16.2. The van der Waals surface area contributed by atoms with Gasteiger partial charge < -0.3 is 20.9 Å². The van der Waals surface area contributed by atoms with Gasteiger partial charge in [-0.25, -0.2) is 9.18 Å². The Kier molecular flexibility index (Phi) is 5.84. The SMILES string of the molecule is C[C@@H](c1c[nH]c(=O)c2ccccc12)N(CC(N)=O)C(=O)Nc1ccc(F)c(Cl)c1. The molecule has 0 bridgehead atoms. The second-order valence-electron chi connectivity index (χ2n) is 6.45. The van der Waals surface area contributed by atoms with E-state index in [-0.39, 0.29) is 22.8 Å². The van der Waals surface area contributed by atoms with Crippen molar-refractivity contribution in [1.29, 1.82) is 0 Å². The van der Waals surface area contributed by atoms with Gasteiger partial charge in [-0.05, 0) is 42.1 Å². The summed E-state index contributed by atoms with van der Waals surface area (Å²) < 4.78 is 13.4. The Balaban J connectivity index is 1.97. The second kappa shape index (κ2) is 8.32. The molecule has 1 heterocycles. The van der Waals surface area contributed by atoms with Crippen molar-refractivity contribution >= 4 is 40.0 Å². The van der Waals surface area contributed by atoms with Gasteiger partial charge in [0.2, 0.25) is 5.91 Å². The normalized spacial score (nSPS) is 11.8. The first kappa shape index (κ1) is 20.3. The lowest BCUT2D eigenvalue weighted by Gasteiger charge is -2.29. The largest absolute Gasteiger partial charge is 0.368 e. The number of rotatable bonds is 5. The number of nitrogens with two attached hydrogens (primary N) is 1. The minimum absolute atomic E-state index is 0.149. The summed E-state index contributed by atoms with van der Waals surface area (Å²) in [5.74, 6) is -1.33. The molecule has 0 aliphatic rings. The number of carbonyl (C=O) groups is 2. The van der Waals surface area contributed by atoms with Crippen molar-refractivity contribution < 1.29 is 14.0 Å². The third kappa shape index (κ3) is 4.38. The molecule has 4 N–H and O–H groups in total. The number of nitrogens with zero attached hydrogens (tertiary/aromatic N) is 1. The van der Waals surface area contributed by atoms with Crippen LogP contribution in [0, 0.1) is 5.82 Å². The first-order chi connectivity index (χ1) is 13.8. The van der Waals surface area contributed by atoms with Crippen LogP contribution in [0.25, 0.3) is 10.8 Å². The fourth-order valence-corrected chi connectivity index (χ4v) is 3.25. The van der Waals surface area contributed by atoms with Gasteiger partial charge in [0.25, 0.3) is 5.56 Å². The number of fused-ring (bicyclic) bond motifs is 1. The van der Waals surface area contributed by atoms with Gasteiger partial charge in [0.05, 0.1) is 11.1 Å². The smallest absolute Gasteiger partial charge is 0.322 e. The quantitative estimate of drug-likeness (QED) is 0.593. The first-order valence-corrected chi connectivity index (χ1v) is 9.07. The Hall–Kier alpha value is -3.39. The molecule has 2 aromatic carbocycles. The summed E-state index contributed by atoms with van der Waals surface area (Å²) in [4.78, 5) is 40.4. The van der Waals surface area contributed by atoms with Crippen molar-refractivity contribution in [2.24, 2.45) is 5.73 Å². The second-order valence-corrected chi connectivity index (χ2v) is 6.86. The van der Waals surface area contributed by atoms with Crippen LogP contribution in [-0.2, 0) is 4.79 Å².